The first kappa shape index (κ1) is 19.1. The van der Waals surface area contributed by atoms with Gasteiger partial charge in [0.2, 0.25) is 0 Å². The lowest BCUT2D eigenvalue weighted by atomic mass is 10.1. The van der Waals surface area contributed by atoms with E-state index >= 15 is 0 Å². The fourth-order valence-electron chi connectivity index (χ4n) is 3.00. The van der Waals surface area contributed by atoms with Crippen molar-refractivity contribution in [2.24, 2.45) is 0 Å². The SMILES string of the molecule is O=C(NC1CCOCC1)c1cnn2ccc(Nc3cccc(C(F)(F)F)n3)nc12. The topological polar surface area (TPSA) is 93.4 Å². The Bertz CT molecular complexity index is 1030. The summed E-state index contributed by atoms with van der Waals surface area (Å²) in [6.45, 7) is 1.19. The number of nitrogens with one attached hydrogen (secondary N) is 2. The largest absolute Gasteiger partial charge is 0.433 e. The van der Waals surface area contributed by atoms with Crippen LogP contribution in [0.1, 0.15) is 28.9 Å². The molecule has 3 aromatic rings. The Morgan fingerprint density at radius 3 is 2.66 bits per heavy atom. The first-order valence-corrected chi connectivity index (χ1v) is 8.94. The van der Waals surface area contributed by atoms with Crippen LogP contribution in [0.3, 0.4) is 0 Å². The van der Waals surface area contributed by atoms with Crippen molar-refractivity contribution in [2.75, 3.05) is 18.5 Å². The molecule has 0 spiro atoms. The third kappa shape index (κ3) is 4.29. The molecule has 4 heterocycles. The molecule has 152 valence electrons. The standard InChI is InChI=1S/C18H17F3N6O2/c19-18(20,21)13-2-1-3-14(24-13)25-15-4-7-27-16(26-15)12(10-22-27)17(28)23-11-5-8-29-9-6-11/h1-4,7,10-11H,5-6,8-9H2,(H,23,28)(H,24,25,26). The van der Waals surface area contributed by atoms with Crippen LogP contribution in [0, 0.1) is 0 Å². The number of amides is 1. The van der Waals surface area contributed by atoms with Gasteiger partial charge in [-0.3, -0.25) is 4.79 Å². The minimum Gasteiger partial charge on any atom is -0.381 e. The Morgan fingerprint density at radius 2 is 1.90 bits per heavy atom. The first-order valence-electron chi connectivity index (χ1n) is 8.94. The maximum atomic E-state index is 12.8. The van der Waals surface area contributed by atoms with E-state index in [1.165, 1.54) is 28.9 Å². The number of nitrogens with zero attached hydrogens (tertiary/aromatic N) is 4. The first-order chi connectivity index (χ1) is 13.9. The average Bonchev–Trinajstić information content (AvgIpc) is 3.12. The molecule has 0 aliphatic carbocycles. The number of anilines is 2. The van der Waals surface area contributed by atoms with E-state index in [1.807, 2.05) is 0 Å². The smallest absolute Gasteiger partial charge is 0.381 e. The monoisotopic (exact) mass is 406 g/mol. The van der Waals surface area contributed by atoms with E-state index < -0.39 is 11.9 Å². The van der Waals surface area contributed by atoms with Gasteiger partial charge in [0.25, 0.3) is 5.91 Å². The van der Waals surface area contributed by atoms with Gasteiger partial charge in [-0.2, -0.15) is 18.3 Å². The normalized spacial score (nSPS) is 15.4. The number of alkyl halides is 3. The van der Waals surface area contributed by atoms with Gasteiger partial charge in [-0.1, -0.05) is 6.07 Å². The van der Waals surface area contributed by atoms with Crippen LogP contribution in [0.4, 0.5) is 24.8 Å². The van der Waals surface area contributed by atoms with E-state index in [0.717, 1.165) is 18.9 Å². The number of rotatable bonds is 4. The van der Waals surface area contributed by atoms with Crippen molar-refractivity contribution in [2.45, 2.75) is 25.1 Å². The zero-order chi connectivity index (χ0) is 20.4. The van der Waals surface area contributed by atoms with Gasteiger partial charge in [0, 0.05) is 25.5 Å². The maximum Gasteiger partial charge on any atom is 0.433 e. The van der Waals surface area contributed by atoms with Gasteiger partial charge in [-0.15, -0.1) is 0 Å². The highest BCUT2D eigenvalue weighted by molar-refractivity contribution is 5.99. The molecule has 4 rings (SSSR count). The molecule has 0 atom stereocenters. The van der Waals surface area contributed by atoms with Gasteiger partial charge in [-0.25, -0.2) is 14.5 Å². The molecule has 1 aliphatic rings. The summed E-state index contributed by atoms with van der Waals surface area (Å²) < 4.78 is 45.2. The van der Waals surface area contributed by atoms with E-state index in [1.54, 1.807) is 6.20 Å². The fourth-order valence-corrected chi connectivity index (χ4v) is 3.00. The van der Waals surface area contributed by atoms with Crippen LogP contribution in [0.25, 0.3) is 5.65 Å². The summed E-state index contributed by atoms with van der Waals surface area (Å²) in [5, 5.41) is 9.77. The second kappa shape index (κ2) is 7.66. The van der Waals surface area contributed by atoms with Gasteiger partial charge >= 0.3 is 6.18 Å². The number of ether oxygens (including phenoxy) is 1. The lowest BCUT2D eigenvalue weighted by Gasteiger charge is -2.22. The lowest BCUT2D eigenvalue weighted by molar-refractivity contribution is -0.141. The number of hydrogen-bond acceptors (Lipinski definition) is 6. The van der Waals surface area contributed by atoms with Crippen LogP contribution in [0.2, 0.25) is 0 Å². The molecule has 8 nitrogen and oxygen atoms in total. The second-order valence-electron chi connectivity index (χ2n) is 6.53. The lowest BCUT2D eigenvalue weighted by Crippen LogP contribution is -2.38. The van der Waals surface area contributed by atoms with Crippen LogP contribution in [0.15, 0.2) is 36.7 Å². The molecule has 3 aromatic heterocycles. The molecule has 0 aromatic carbocycles. The number of carbonyl (C=O) groups excluding carboxylic acids is 1. The van der Waals surface area contributed by atoms with Crippen molar-refractivity contribution in [1.82, 2.24) is 24.9 Å². The van der Waals surface area contributed by atoms with Gasteiger partial charge < -0.3 is 15.4 Å². The highest BCUT2D eigenvalue weighted by Crippen LogP contribution is 2.28. The van der Waals surface area contributed by atoms with Crippen LogP contribution < -0.4 is 10.6 Å². The van der Waals surface area contributed by atoms with E-state index in [9.17, 15) is 18.0 Å². The molecule has 2 N–H and O–H groups in total. The number of carbonyl (C=O) groups is 1. The average molecular weight is 406 g/mol. The summed E-state index contributed by atoms with van der Waals surface area (Å²) in [4.78, 5) is 20.5. The Kier molecular flexibility index (Phi) is 5.05. The Balaban J connectivity index is 1.56. The number of hydrogen-bond donors (Lipinski definition) is 2. The molecule has 0 radical (unpaired) electrons. The molecule has 1 amide bonds. The number of aromatic nitrogens is 4. The van der Waals surface area contributed by atoms with Gasteiger partial charge in [-0.05, 0) is 31.0 Å². The summed E-state index contributed by atoms with van der Waals surface area (Å²) in [5.74, 6) is -0.0805. The molecular weight excluding hydrogens is 389 g/mol. The van der Waals surface area contributed by atoms with Crippen molar-refractivity contribution in [1.29, 1.82) is 0 Å². The number of halogens is 3. The van der Waals surface area contributed by atoms with Crippen LogP contribution in [0.5, 0.6) is 0 Å². The minimum absolute atomic E-state index is 0.00982. The van der Waals surface area contributed by atoms with Gasteiger partial charge in [0.1, 0.15) is 22.9 Å². The van der Waals surface area contributed by atoms with E-state index in [-0.39, 0.29) is 34.8 Å². The summed E-state index contributed by atoms with van der Waals surface area (Å²) in [6.07, 6.45) is -0.123. The second-order valence-corrected chi connectivity index (χ2v) is 6.53. The molecular formula is C18H17F3N6O2. The van der Waals surface area contributed by atoms with Crippen molar-refractivity contribution in [3.63, 3.8) is 0 Å². The Morgan fingerprint density at radius 1 is 1.14 bits per heavy atom. The third-order valence-corrected chi connectivity index (χ3v) is 4.47. The quantitative estimate of drug-likeness (QED) is 0.692. The van der Waals surface area contributed by atoms with Gasteiger partial charge in [0.05, 0.1) is 6.20 Å². The van der Waals surface area contributed by atoms with E-state index in [0.29, 0.717) is 13.2 Å². The molecule has 29 heavy (non-hydrogen) atoms. The molecule has 0 bridgehead atoms. The molecule has 0 saturated carbocycles. The summed E-state index contributed by atoms with van der Waals surface area (Å²) >= 11 is 0. The van der Waals surface area contributed by atoms with E-state index in [4.69, 9.17) is 4.74 Å². The van der Waals surface area contributed by atoms with E-state index in [2.05, 4.69) is 25.7 Å². The number of pyridine rings is 1. The highest BCUT2D eigenvalue weighted by atomic mass is 19.4. The molecule has 1 saturated heterocycles. The van der Waals surface area contributed by atoms with Crippen LogP contribution in [-0.4, -0.2) is 44.7 Å². The predicted octanol–water partition coefficient (Wildman–Crippen LogP) is 2.80. The van der Waals surface area contributed by atoms with Crippen molar-refractivity contribution < 1.29 is 22.7 Å². The third-order valence-electron chi connectivity index (χ3n) is 4.47. The molecule has 1 fully saturated rings. The number of fused-ring (bicyclic) bond motifs is 1. The van der Waals surface area contributed by atoms with Crippen LogP contribution >= 0.6 is 0 Å². The zero-order valence-electron chi connectivity index (χ0n) is 15.1. The summed E-state index contributed by atoms with van der Waals surface area (Å²) in [7, 11) is 0. The van der Waals surface area contributed by atoms with Gasteiger partial charge in [0.15, 0.2) is 5.65 Å². The Labute approximate surface area is 163 Å². The Hall–Kier alpha value is -3.21. The van der Waals surface area contributed by atoms with Crippen molar-refractivity contribution >= 4 is 23.2 Å². The highest BCUT2D eigenvalue weighted by Gasteiger charge is 2.32. The van der Waals surface area contributed by atoms with Crippen LogP contribution in [-0.2, 0) is 10.9 Å². The maximum absolute atomic E-state index is 12.8. The fraction of sp³-hybridized carbons (Fsp3) is 0.333. The zero-order valence-corrected chi connectivity index (χ0v) is 15.1. The summed E-state index contributed by atoms with van der Waals surface area (Å²) in [5.41, 5.74) is -0.451. The molecule has 11 heteroatoms. The molecule has 0 unspecified atom stereocenters. The molecule has 1 aliphatic heterocycles. The summed E-state index contributed by atoms with van der Waals surface area (Å²) in [6, 6.07) is 5.08. The van der Waals surface area contributed by atoms with Crippen molar-refractivity contribution in [3.05, 3.63) is 47.9 Å². The minimum atomic E-state index is -4.55. The van der Waals surface area contributed by atoms with Crippen molar-refractivity contribution in [3.8, 4) is 0 Å². The predicted molar refractivity (Wildman–Crippen MR) is 96.8 cm³/mol.